The molecular formula is C14H18FNO3. The molecule has 104 valence electrons. The molecule has 1 aromatic rings. The van der Waals surface area contributed by atoms with E-state index in [2.05, 4.69) is 4.90 Å². The summed E-state index contributed by atoms with van der Waals surface area (Å²) in [6.45, 7) is 4.04. The number of halogens is 1. The number of aliphatic hydroxyl groups excluding tert-OH is 1. The highest BCUT2D eigenvalue weighted by Crippen LogP contribution is 2.22. The van der Waals surface area contributed by atoms with E-state index < -0.39 is 11.8 Å². The number of hydrogen-bond donors (Lipinski definition) is 2. The van der Waals surface area contributed by atoms with Crippen molar-refractivity contribution in [3.8, 4) is 0 Å². The molecule has 19 heavy (non-hydrogen) atoms. The molecule has 2 rings (SSSR count). The van der Waals surface area contributed by atoms with Gasteiger partial charge in [0.2, 0.25) is 0 Å². The van der Waals surface area contributed by atoms with Crippen molar-refractivity contribution in [2.75, 3.05) is 13.1 Å². The number of hydrogen-bond acceptors (Lipinski definition) is 3. The SMILES string of the molecule is CC(O)C1CCN(Cc2ccc(C(=O)O)c(F)c2)C1. The van der Waals surface area contributed by atoms with Crippen LogP contribution in [0, 0.1) is 11.7 Å². The molecule has 1 fully saturated rings. The highest BCUT2D eigenvalue weighted by Gasteiger charge is 2.26. The zero-order valence-electron chi connectivity index (χ0n) is 10.8. The molecule has 0 saturated carbocycles. The fraction of sp³-hybridized carbons (Fsp3) is 0.500. The first-order valence-corrected chi connectivity index (χ1v) is 6.39. The van der Waals surface area contributed by atoms with Crippen LogP contribution >= 0.6 is 0 Å². The van der Waals surface area contributed by atoms with Crippen LogP contribution in [0.5, 0.6) is 0 Å². The predicted octanol–water partition coefficient (Wildman–Crippen LogP) is 1.73. The number of rotatable bonds is 4. The summed E-state index contributed by atoms with van der Waals surface area (Å²) in [4.78, 5) is 12.9. The van der Waals surface area contributed by atoms with Crippen LogP contribution in [0.25, 0.3) is 0 Å². The van der Waals surface area contributed by atoms with Gasteiger partial charge >= 0.3 is 5.97 Å². The van der Waals surface area contributed by atoms with E-state index in [0.717, 1.165) is 25.1 Å². The van der Waals surface area contributed by atoms with Gasteiger partial charge in [-0.15, -0.1) is 0 Å². The van der Waals surface area contributed by atoms with E-state index in [9.17, 15) is 14.3 Å². The van der Waals surface area contributed by atoms with Crippen LogP contribution in [0.3, 0.4) is 0 Å². The zero-order valence-corrected chi connectivity index (χ0v) is 10.8. The lowest BCUT2D eigenvalue weighted by atomic mass is 10.0. The molecule has 0 aliphatic carbocycles. The predicted molar refractivity (Wildman–Crippen MR) is 68.4 cm³/mol. The summed E-state index contributed by atoms with van der Waals surface area (Å²) in [5.74, 6) is -1.68. The second kappa shape index (κ2) is 5.67. The summed E-state index contributed by atoms with van der Waals surface area (Å²) >= 11 is 0. The van der Waals surface area contributed by atoms with Crippen LogP contribution in [0.2, 0.25) is 0 Å². The number of likely N-dealkylation sites (tertiary alicyclic amines) is 1. The van der Waals surface area contributed by atoms with E-state index in [1.165, 1.54) is 12.1 Å². The van der Waals surface area contributed by atoms with E-state index in [-0.39, 0.29) is 17.6 Å². The van der Waals surface area contributed by atoms with Crippen molar-refractivity contribution in [3.05, 3.63) is 35.1 Å². The summed E-state index contributed by atoms with van der Waals surface area (Å²) < 4.78 is 13.5. The van der Waals surface area contributed by atoms with Crippen LogP contribution < -0.4 is 0 Å². The van der Waals surface area contributed by atoms with Crippen LogP contribution in [0.4, 0.5) is 4.39 Å². The van der Waals surface area contributed by atoms with Crippen molar-refractivity contribution >= 4 is 5.97 Å². The maximum atomic E-state index is 13.5. The number of aromatic carboxylic acids is 1. The molecule has 5 heteroatoms. The normalized spacial score (nSPS) is 21.5. The molecule has 0 aromatic heterocycles. The van der Waals surface area contributed by atoms with Crippen molar-refractivity contribution in [1.82, 2.24) is 4.90 Å². The maximum absolute atomic E-state index is 13.5. The Balaban J connectivity index is 2.01. The molecule has 2 N–H and O–H groups in total. The Morgan fingerprint density at radius 3 is 2.84 bits per heavy atom. The van der Waals surface area contributed by atoms with E-state index in [4.69, 9.17) is 5.11 Å². The minimum Gasteiger partial charge on any atom is -0.478 e. The average molecular weight is 267 g/mol. The lowest BCUT2D eigenvalue weighted by Gasteiger charge is -2.17. The number of carboxylic acids is 1. The standard InChI is InChI=1S/C14H18FNO3/c1-9(17)11-4-5-16(8-11)7-10-2-3-12(14(18)19)13(15)6-10/h2-3,6,9,11,17H,4-5,7-8H2,1H3,(H,18,19). The summed E-state index contributed by atoms with van der Waals surface area (Å²) in [6, 6.07) is 4.22. The first-order valence-electron chi connectivity index (χ1n) is 6.39. The van der Waals surface area contributed by atoms with Gasteiger partial charge in [0.1, 0.15) is 5.82 Å². The maximum Gasteiger partial charge on any atom is 0.338 e. The van der Waals surface area contributed by atoms with Crippen molar-refractivity contribution in [2.45, 2.75) is 26.0 Å². The second-order valence-electron chi connectivity index (χ2n) is 5.14. The van der Waals surface area contributed by atoms with Gasteiger partial charge in [0, 0.05) is 13.1 Å². The number of nitrogens with zero attached hydrogens (tertiary/aromatic N) is 1. The zero-order chi connectivity index (χ0) is 14.0. The van der Waals surface area contributed by atoms with Gasteiger partial charge < -0.3 is 10.2 Å². The Morgan fingerprint density at radius 2 is 2.32 bits per heavy atom. The van der Waals surface area contributed by atoms with Gasteiger partial charge in [-0.2, -0.15) is 0 Å². The Morgan fingerprint density at radius 1 is 1.58 bits per heavy atom. The Labute approximate surface area is 111 Å². The van der Waals surface area contributed by atoms with Crippen LogP contribution in [-0.2, 0) is 6.54 Å². The van der Waals surface area contributed by atoms with Gasteiger partial charge in [-0.25, -0.2) is 9.18 Å². The minimum atomic E-state index is -1.25. The molecule has 1 aliphatic heterocycles. The Bertz CT molecular complexity index is 476. The lowest BCUT2D eigenvalue weighted by molar-refractivity contribution is 0.0691. The molecule has 4 nitrogen and oxygen atoms in total. The van der Waals surface area contributed by atoms with Gasteiger partial charge in [0.05, 0.1) is 11.7 Å². The molecule has 1 saturated heterocycles. The van der Waals surface area contributed by atoms with E-state index in [1.807, 2.05) is 0 Å². The summed E-state index contributed by atoms with van der Waals surface area (Å²) in [5.41, 5.74) is 0.459. The largest absolute Gasteiger partial charge is 0.478 e. The molecule has 2 unspecified atom stereocenters. The number of aliphatic hydroxyl groups is 1. The third kappa shape index (κ3) is 3.30. The molecule has 1 aromatic carbocycles. The molecule has 1 aliphatic rings. The van der Waals surface area contributed by atoms with Crippen LogP contribution in [-0.4, -0.2) is 40.3 Å². The summed E-state index contributed by atoms with van der Waals surface area (Å²) in [6.07, 6.45) is 0.615. The van der Waals surface area contributed by atoms with Gasteiger partial charge in [-0.05, 0) is 43.5 Å². The van der Waals surface area contributed by atoms with Gasteiger partial charge in [0.25, 0.3) is 0 Å². The van der Waals surface area contributed by atoms with Crippen LogP contribution in [0.1, 0.15) is 29.3 Å². The minimum absolute atomic E-state index is 0.267. The van der Waals surface area contributed by atoms with Gasteiger partial charge in [0.15, 0.2) is 0 Å². The topological polar surface area (TPSA) is 60.8 Å². The third-order valence-corrected chi connectivity index (χ3v) is 3.66. The van der Waals surface area contributed by atoms with Crippen LogP contribution in [0.15, 0.2) is 18.2 Å². The van der Waals surface area contributed by atoms with Crippen molar-refractivity contribution < 1.29 is 19.4 Å². The van der Waals surface area contributed by atoms with Crippen molar-refractivity contribution in [2.24, 2.45) is 5.92 Å². The molecule has 0 bridgehead atoms. The first kappa shape index (κ1) is 14.0. The number of benzene rings is 1. The van der Waals surface area contributed by atoms with Gasteiger partial charge in [-0.1, -0.05) is 6.07 Å². The average Bonchev–Trinajstić information content (AvgIpc) is 2.77. The number of carboxylic acid groups (broad SMARTS) is 1. The smallest absolute Gasteiger partial charge is 0.338 e. The van der Waals surface area contributed by atoms with E-state index >= 15 is 0 Å². The van der Waals surface area contributed by atoms with Crippen molar-refractivity contribution in [1.29, 1.82) is 0 Å². The molecule has 0 amide bonds. The molecule has 0 spiro atoms. The summed E-state index contributed by atoms with van der Waals surface area (Å²) in [5, 5.41) is 18.3. The first-order chi connectivity index (χ1) is 8.97. The highest BCUT2D eigenvalue weighted by atomic mass is 19.1. The Hall–Kier alpha value is -1.46. The number of carbonyl (C=O) groups is 1. The molecular weight excluding hydrogens is 249 g/mol. The molecule has 2 atom stereocenters. The molecule has 0 radical (unpaired) electrons. The fourth-order valence-electron chi connectivity index (χ4n) is 2.49. The van der Waals surface area contributed by atoms with Crippen molar-refractivity contribution in [3.63, 3.8) is 0 Å². The third-order valence-electron chi connectivity index (χ3n) is 3.66. The molecule has 1 heterocycles. The van der Waals surface area contributed by atoms with E-state index in [0.29, 0.717) is 6.54 Å². The Kier molecular flexibility index (Phi) is 4.17. The summed E-state index contributed by atoms with van der Waals surface area (Å²) in [7, 11) is 0. The highest BCUT2D eigenvalue weighted by molar-refractivity contribution is 5.87. The quantitative estimate of drug-likeness (QED) is 0.872. The van der Waals surface area contributed by atoms with E-state index in [1.54, 1.807) is 13.0 Å². The monoisotopic (exact) mass is 267 g/mol. The lowest BCUT2D eigenvalue weighted by Crippen LogP contribution is -2.24. The van der Waals surface area contributed by atoms with Gasteiger partial charge in [-0.3, -0.25) is 4.90 Å². The second-order valence-corrected chi connectivity index (χ2v) is 5.14. The fourth-order valence-corrected chi connectivity index (χ4v) is 2.49.